The minimum atomic E-state index is -0.181. The number of aromatic nitrogens is 2. The van der Waals surface area contributed by atoms with Gasteiger partial charge in [0.25, 0.3) is 0 Å². The highest BCUT2D eigenvalue weighted by molar-refractivity contribution is 7.13. The van der Waals surface area contributed by atoms with E-state index < -0.39 is 0 Å². The summed E-state index contributed by atoms with van der Waals surface area (Å²) < 4.78 is 0. The second-order valence-electron chi connectivity index (χ2n) is 5.68. The number of nitrogens with one attached hydrogen (secondary N) is 1. The lowest BCUT2D eigenvalue weighted by molar-refractivity contribution is -0.122. The number of hydrogen-bond donors (Lipinski definition) is 1. The molecule has 4 nitrogen and oxygen atoms in total. The van der Waals surface area contributed by atoms with E-state index in [1.165, 1.54) is 0 Å². The van der Waals surface area contributed by atoms with E-state index in [9.17, 15) is 4.79 Å². The normalized spacial score (nSPS) is 11.3. The van der Waals surface area contributed by atoms with Gasteiger partial charge in [-0.1, -0.05) is 0 Å². The Morgan fingerprint density at radius 3 is 2.85 bits per heavy atom. The van der Waals surface area contributed by atoms with Crippen LogP contribution in [0.15, 0.2) is 29.9 Å². The summed E-state index contributed by atoms with van der Waals surface area (Å²) >= 11 is 1.58. The second-order valence-corrected chi connectivity index (χ2v) is 6.54. The van der Waals surface area contributed by atoms with Crippen molar-refractivity contribution in [2.24, 2.45) is 0 Å². The third kappa shape index (κ3) is 4.42. The Hall–Kier alpha value is -1.75. The molecule has 0 atom stereocenters. The first-order valence-corrected chi connectivity index (χ1v) is 7.48. The molecule has 0 saturated carbocycles. The van der Waals surface area contributed by atoms with Gasteiger partial charge < -0.3 is 5.32 Å². The average Bonchev–Trinajstić information content (AvgIpc) is 2.84. The largest absolute Gasteiger partial charge is 0.351 e. The fourth-order valence-corrected chi connectivity index (χ4v) is 2.61. The minimum Gasteiger partial charge on any atom is -0.351 e. The van der Waals surface area contributed by atoms with Crippen LogP contribution in [0.2, 0.25) is 0 Å². The number of thiazole rings is 1. The fraction of sp³-hybridized carbons (Fsp3) is 0.400. The van der Waals surface area contributed by atoms with E-state index in [1.807, 2.05) is 38.3 Å². The number of nitrogens with zero attached hydrogens (tertiary/aromatic N) is 2. The van der Waals surface area contributed by atoms with Crippen molar-refractivity contribution in [3.8, 4) is 10.6 Å². The smallest absolute Gasteiger partial charge is 0.220 e. The molecule has 0 fully saturated rings. The van der Waals surface area contributed by atoms with Gasteiger partial charge in [-0.05, 0) is 39.3 Å². The Morgan fingerprint density at radius 2 is 2.20 bits per heavy atom. The summed E-state index contributed by atoms with van der Waals surface area (Å²) in [6.45, 7) is 5.94. The van der Waals surface area contributed by atoms with Gasteiger partial charge in [-0.3, -0.25) is 9.78 Å². The van der Waals surface area contributed by atoms with Crippen molar-refractivity contribution in [3.05, 3.63) is 35.6 Å². The molecule has 1 N–H and O–H groups in total. The standard InChI is InChI=1S/C15H19N3OS/c1-15(2,3)18-13(19)7-6-12-10-20-14(17-12)11-5-4-8-16-9-11/h4-5,8-10H,6-7H2,1-3H3,(H,18,19). The molecule has 1 amide bonds. The van der Waals surface area contributed by atoms with Crippen LogP contribution in [0.3, 0.4) is 0 Å². The van der Waals surface area contributed by atoms with Crippen LogP contribution in [0.4, 0.5) is 0 Å². The van der Waals surface area contributed by atoms with Crippen LogP contribution < -0.4 is 5.32 Å². The molecule has 2 aromatic heterocycles. The molecule has 2 aromatic rings. The zero-order valence-electron chi connectivity index (χ0n) is 12.0. The van der Waals surface area contributed by atoms with Gasteiger partial charge in [0, 0.05) is 35.3 Å². The van der Waals surface area contributed by atoms with Crippen LogP contribution in [-0.4, -0.2) is 21.4 Å². The van der Waals surface area contributed by atoms with Gasteiger partial charge in [-0.25, -0.2) is 4.98 Å². The number of rotatable bonds is 4. The molecule has 2 heterocycles. The van der Waals surface area contributed by atoms with Gasteiger partial charge in [0.2, 0.25) is 5.91 Å². The van der Waals surface area contributed by atoms with Crippen molar-refractivity contribution in [2.75, 3.05) is 0 Å². The molecule has 0 saturated heterocycles. The second kappa shape index (κ2) is 6.13. The highest BCUT2D eigenvalue weighted by Crippen LogP contribution is 2.23. The number of carbonyl (C=O) groups excluding carboxylic acids is 1. The van der Waals surface area contributed by atoms with E-state index >= 15 is 0 Å². The maximum Gasteiger partial charge on any atom is 0.220 e. The molecule has 20 heavy (non-hydrogen) atoms. The first-order chi connectivity index (χ1) is 9.44. The molecule has 0 unspecified atom stereocenters. The van der Waals surface area contributed by atoms with Crippen molar-refractivity contribution in [2.45, 2.75) is 39.2 Å². The number of carbonyl (C=O) groups is 1. The molecule has 0 aliphatic rings. The summed E-state index contributed by atoms with van der Waals surface area (Å²) in [4.78, 5) is 20.4. The zero-order valence-corrected chi connectivity index (χ0v) is 12.8. The molecule has 5 heteroatoms. The predicted molar refractivity (Wildman–Crippen MR) is 81.6 cm³/mol. The number of amides is 1. The number of pyridine rings is 1. The van der Waals surface area contributed by atoms with Crippen molar-refractivity contribution >= 4 is 17.2 Å². The quantitative estimate of drug-likeness (QED) is 0.941. The monoisotopic (exact) mass is 289 g/mol. The Bertz CT molecular complexity index is 572. The maximum atomic E-state index is 11.8. The van der Waals surface area contributed by atoms with Gasteiger partial charge >= 0.3 is 0 Å². The third-order valence-electron chi connectivity index (χ3n) is 2.58. The molecule has 0 bridgehead atoms. The molecule has 2 rings (SSSR count). The summed E-state index contributed by atoms with van der Waals surface area (Å²) in [5.74, 6) is 0.0634. The van der Waals surface area contributed by atoms with E-state index in [-0.39, 0.29) is 11.4 Å². The SMILES string of the molecule is CC(C)(C)NC(=O)CCc1csc(-c2cccnc2)n1. The van der Waals surface area contributed by atoms with Crippen LogP contribution in [0.5, 0.6) is 0 Å². The van der Waals surface area contributed by atoms with Crippen molar-refractivity contribution < 1.29 is 4.79 Å². The van der Waals surface area contributed by atoms with Crippen LogP contribution in [0.25, 0.3) is 10.6 Å². The third-order valence-corrected chi connectivity index (χ3v) is 3.52. The predicted octanol–water partition coefficient (Wildman–Crippen LogP) is 3.05. The Kier molecular flexibility index (Phi) is 4.49. The lowest BCUT2D eigenvalue weighted by Crippen LogP contribution is -2.40. The van der Waals surface area contributed by atoms with Gasteiger partial charge in [0.1, 0.15) is 5.01 Å². The van der Waals surface area contributed by atoms with E-state index in [4.69, 9.17) is 0 Å². The lowest BCUT2D eigenvalue weighted by Gasteiger charge is -2.20. The van der Waals surface area contributed by atoms with Crippen LogP contribution >= 0.6 is 11.3 Å². The van der Waals surface area contributed by atoms with E-state index in [0.29, 0.717) is 12.8 Å². The Labute approximate surface area is 123 Å². The Morgan fingerprint density at radius 1 is 1.40 bits per heavy atom. The van der Waals surface area contributed by atoms with E-state index in [1.54, 1.807) is 23.7 Å². The summed E-state index contributed by atoms with van der Waals surface area (Å²) in [6.07, 6.45) is 4.68. The van der Waals surface area contributed by atoms with Crippen LogP contribution in [0.1, 0.15) is 32.9 Å². The van der Waals surface area contributed by atoms with Gasteiger partial charge in [-0.2, -0.15) is 0 Å². The maximum absolute atomic E-state index is 11.8. The highest BCUT2D eigenvalue weighted by Gasteiger charge is 2.14. The zero-order chi connectivity index (χ0) is 14.6. The van der Waals surface area contributed by atoms with Gasteiger partial charge in [0.15, 0.2) is 0 Å². The Balaban J connectivity index is 1.92. The lowest BCUT2D eigenvalue weighted by atomic mass is 10.1. The molecular formula is C15H19N3OS. The van der Waals surface area contributed by atoms with Crippen LogP contribution in [0, 0.1) is 0 Å². The van der Waals surface area contributed by atoms with Crippen LogP contribution in [-0.2, 0) is 11.2 Å². The van der Waals surface area contributed by atoms with E-state index in [0.717, 1.165) is 16.3 Å². The molecule has 0 aliphatic heterocycles. The minimum absolute atomic E-state index is 0.0634. The summed E-state index contributed by atoms with van der Waals surface area (Å²) in [7, 11) is 0. The number of aryl methyl sites for hydroxylation is 1. The summed E-state index contributed by atoms with van der Waals surface area (Å²) in [5, 5.41) is 5.91. The average molecular weight is 289 g/mol. The molecule has 0 spiro atoms. The number of hydrogen-bond acceptors (Lipinski definition) is 4. The van der Waals surface area contributed by atoms with E-state index in [2.05, 4.69) is 15.3 Å². The molecular weight excluding hydrogens is 270 g/mol. The van der Waals surface area contributed by atoms with Gasteiger partial charge in [0.05, 0.1) is 5.69 Å². The molecule has 0 aromatic carbocycles. The molecule has 0 radical (unpaired) electrons. The van der Waals surface area contributed by atoms with Gasteiger partial charge in [-0.15, -0.1) is 11.3 Å². The summed E-state index contributed by atoms with van der Waals surface area (Å²) in [6, 6.07) is 3.88. The first-order valence-electron chi connectivity index (χ1n) is 6.60. The van der Waals surface area contributed by atoms with Crippen molar-refractivity contribution in [1.29, 1.82) is 0 Å². The summed E-state index contributed by atoms with van der Waals surface area (Å²) in [5.41, 5.74) is 1.79. The topological polar surface area (TPSA) is 54.9 Å². The first kappa shape index (κ1) is 14.7. The highest BCUT2D eigenvalue weighted by atomic mass is 32.1. The van der Waals surface area contributed by atoms with Crippen molar-refractivity contribution in [3.63, 3.8) is 0 Å². The molecule has 106 valence electrons. The fourth-order valence-electron chi connectivity index (χ4n) is 1.77. The van der Waals surface area contributed by atoms with Crippen molar-refractivity contribution in [1.82, 2.24) is 15.3 Å². The molecule has 0 aliphatic carbocycles.